The molecule has 0 aliphatic carbocycles. The maximum Gasteiger partial charge on any atom is 0.272 e. The molecule has 134 valence electrons. The number of aromatic nitrogens is 1. The summed E-state index contributed by atoms with van der Waals surface area (Å²) in [6.07, 6.45) is 1.59. The third kappa shape index (κ3) is 4.24. The van der Waals surface area contributed by atoms with Crippen molar-refractivity contribution in [1.29, 1.82) is 0 Å². The van der Waals surface area contributed by atoms with Gasteiger partial charge in [-0.1, -0.05) is 24.3 Å². The molecule has 0 spiro atoms. The largest absolute Gasteiger partial charge is 0.343 e. The molecule has 0 saturated carbocycles. The molecule has 0 atom stereocenters. The van der Waals surface area contributed by atoms with Crippen LogP contribution in [0.2, 0.25) is 0 Å². The van der Waals surface area contributed by atoms with E-state index in [1.807, 2.05) is 6.07 Å². The lowest BCUT2D eigenvalue weighted by molar-refractivity contribution is -0.131. The van der Waals surface area contributed by atoms with E-state index in [2.05, 4.69) is 10.3 Å². The number of amides is 3. The monoisotopic (exact) mass is 352 g/mol. The number of nitrogens with one attached hydrogen (secondary N) is 1. The van der Waals surface area contributed by atoms with E-state index in [0.717, 1.165) is 0 Å². The van der Waals surface area contributed by atoms with Crippen molar-refractivity contribution in [3.05, 3.63) is 66.0 Å². The molecule has 1 saturated heterocycles. The molecule has 2 aromatic rings. The van der Waals surface area contributed by atoms with Gasteiger partial charge in [-0.15, -0.1) is 0 Å². The standard InChI is InChI=1S/C19H20N4O3/c24-17(14-21-18(25)15-6-2-1-3-7-15)22-10-12-23(13-11-22)19(26)16-8-4-5-9-20-16/h1-9H,10-14H2,(H,21,25). The first kappa shape index (κ1) is 17.6. The molecule has 0 unspecified atom stereocenters. The second-order valence-corrected chi connectivity index (χ2v) is 5.94. The molecule has 26 heavy (non-hydrogen) atoms. The minimum atomic E-state index is -0.275. The van der Waals surface area contributed by atoms with E-state index in [9.17, 15) is 14.4 Å². The molecule has 3 amide bonds. The lowest BCUT2D eigenvalue weighted by Gasteiger charge is -2.34. The maximum absolute atomic E-state index is 12.4. The Kier molecular flexibility index (Phi) is 5.58. The Hall–Kier alpha value is -3.22. The molecular weight excluding hydrogens is 332 g/mol. The minimum absolute atomic E-state index is 0.0537. The maximum atomic E-state index is 12.4. The van der Waals surface area contributed by atoms with Gasteiger partial charge in [-0.2, -0.15) is 0 Å². The number of pyridine rings is 1. The highest BCUT2D eigenvalue weighted by atomic mass is 16.2. The Morgan fingerprint density at radius 2 is 1.54 bits per heavy atom. The molecule has 1 fully saturated rings. The quantitative estimate of drug-likeness (QED) is 0.882. The highest BCUT2D eigenvalue weighted by Crippen LogP contribution is 2.07. The van der Waals surface area contributed by atoms with Crippen molar-refractivity contribution in [1.82, 2.24) is 20.1 Å². The Morgan fingerprint density at radius 3 is 2.19 bits per heavy atom. The van der Waals surface area contributed by atoms with Gasteiger partial charge in [0, 0.05) is 37.9 Å². The molecule has 1 N–H and O–H groups in total. The average molecular weight is 352 g/mol. The zero-order chi connectivity index (χ0) is 18.4. The van der Waals surface area contributed by atoms with E-state index < -0.39 is 0 Å². The number of nitrogens with zero attached hydrogens (tertiary/aromatic N) is 3. The van der Waals surface area contributed by atoms with Crippen LogP contribution in [0.5, 0.6) is 0 Å². The van der Waals surface area contributed by atoms with E-state index in [1.54, 1.807) is 58.5 Å². The topological polar surface area (TPSA) is 82.6 Å². The van der Waals surface area contributed by atoms with Crippen molar-refractivity contribution < 1.29 is 14.4 Å². The van der Waals surface area contributed by atoms with Crippen LogP contribution in [0, 0.1) is 0 Å². The second kappa shape index (κ2) is 8.24. The zero-order valence-electron chi connectivity index (χ0n) is 14.3. The van der Waals surface area contributed by atoms with Gasteiger partial charge in [0.15, 0.2) is 0 Å². The number of benzene rings is 1. The first-order valence-corrected chi connectivity index (χ1v) is 8.46. The van der Waals surface area contributed by atoms with E-state index in [1.165, 1.54) is 0 Å². The van der Waals surface area contributed by atoms with Crippen LogP contribution in [0.4, 0.5) is 0 Å². The Balaban J connectivity index is 1.46. The van der Waals surface area contributed by atoms with E-state index in [0.29, 0.717) is 37.4 Å². The molecule has 7 heteroatoms. The molecule has 0 radical (unpaired) electrons. The summed E-state index contributed by atoms with van der Waals surface area (Å²) < 4.78 is 0. The SMILES string of the molecule is O=C(NCC(=O)N1CCN(C(=O)c2ccccn2)CC1)c1ccccc1. The number of piperazine rings is 1. The number of carbonyl (C=O) groups excluding carboxylic acids is 3. The molecule has 2 heterocycles. The molecular formula is C19H20N4O3. The van der Waals surface area contributed by atoms with Crippen molar-refractivity contribution in [2.75, 3.05) is 32.7 Å². The predicted octanol–water partition coefficient (Wildman–Crippen LogP) is 0.796. The van der Waals surface area contributed by atoms with Gasteiger partial charge in [0.2, 0.25) is 5.91 Å². The van der Waals surface area contributed by atoms with Gasteiger partial charge in [0.05, 0.1) is 6.54 Å². The Morgan fingerprint density at radius 1 is 0.885 bits per heavy atom. The number of hydrogen-bond donors (Lipinski definition) is 1. The van der Waals surface area contributed by atoms with Crippen molar-refractivity contribution in [3.63, 3.8) is 0 Å². The highest BCUT2D eigenvalue weighted by molar-refractivity contribution is 5.96. The van der Waals surface area contributed by atoms with Crippen LogP contribution in [0.25, 0.3) is 0 Å². The summed E-state index contributed by atoms with van der Waals surface area (Å²) in [5.74, 6) is -0.558. The van der Waals surface area contributed by atoms with Crippen LogP contribution in [0.3, 0.4) is 0 Å². The van der Waals surface area contributed by atoms with Crippen LogP contribution in [0.15, 0.2) is 54.7 Å². The van der Waals surface area contributed by atoms with Crippen LogP contribution in [0.1, 0.15) is 20.8 Å². The lowest BCUT2D eigenvalue weighted by atomic mass is 10.2. The lowest BCUT2D eigenvalue weighted by Crippen LogP contribution is -2.52. The van der Waals surface area contributed by atoms with E-state index >= 15 is 0 Å². The summed E-state index contributed by atoms with van der Waals surface area (Å²) >= 11 is 0. The highest BCUT2D eigenvalue weighted by Gasteiger charge is 2.25. The van der Waals surface area contributed by atoms with Crippen molar-refractivity contribution in [3.8, 4) is 0 Å². The van der Waals surface area contributed by atoms with E-state index in [-0.39, 0.29) is 24.3 Å². The second-order valence-electron chi connectivity index (χ2n) is 5.94. The van der Waals surface area contributed by atoms with Gasteiger partial charge in [-0.3, -0.25) is 19.4 Å². The number of hydrogen-bond acceptors (Lipinski definition) is 4. The minimum Gasteiger partial charge on any atom is -0.343 e. The summed E-state index contributed by atoms with van der Waals surface area (Å²) in [4.78, 5) is 44.0. The Labute approximate surface area is 151 Å². The smallest absolute Gasteiger partial charge is 0.272 e. The van der Waals surface area contributed by atoms with Crippen LogP contribution in [-0.2, 0) is 4.79 Å². The molecule has 1 aromatic heterocycles. The molecule has 1 aromatic carbocycles. The molecule has 7 nitrogen and oxygen atoms in total. The zero-order valence-corrected chi connectivity index (χ0v) is 14.3. The summed E-state index contributed by atoms with van der Waals surface area (Å²) in [5, 5.41) is 2.64. The van der Waals surface area contributed by atoms with Gasteiger partial charge in [0.1, 0.15) is 5.69 Å². The fourth-order valence-electron chi connectivity index (χ4n) is 2.77. The summed E-state index contributed by atoms with van der Waals surface area (Å²) in [6, 6.07) is 14.0. The Bertz CT molecular complexity index is 772. The third-order valence-corrected chi connectivity index (χ3v) is 4.24. The first-order valence-electron chi connectivity index (χ1n) is 8.46. The van der Waals surface area contributed by atoms with Crippen LogP contribution >= 0.6 is 0 Å². The van der Waals surface area contributed by atoms with Crippen LogP contribution < -0.4 is 5.32 Å². The summed E-state index contributed by atoms with van der Waals surface area (Å²) in [7, 11) is 0. The summed E-state index contributed by atoms with van der Waals surface area (Å²) in [5.41, 5.74) is 0.925. The van der Waals surface area contributed by atoms with Crippen molar-refractivity contribution in [2.24, 2.45) is 0 Å². The number of rotatable bonds is 4. The fourth-order valence-corrected chi connectivity index (χ4v) is 2.77. The molecule has 0 bridgehead atoms. The normalized spacial score (nSPS) is 14.0. The first-order chi connectivity index (χ1) is 12.6. The molecule has 3 rings (SSSR count). The van der Waals surface area contributed by atoms with Gasteiger partial charge < -0.3 is 15.1 Å². The van der Waals surface area contributed by atoms with Gasteiger partial charge in [-0.25, -0.2) is 0 Å². The average Bonchev–Trinajstić information content (AvgIpc) is 2.72. The van der Waals surface area contributed by atoms with Crippen molar-refractivity contribution >= 4 is 17.7 Å². The van der Waals surface area contributed by atoms with Crippen molar-refractivity contribution in [2.45, 2.75) is 0 Å². The molecule has 1 aliphatic heterocycles. The predicted molar refractivity (Wildman–Crippen MR) is 95.5 cm³/mol. The van der Waals surface area contributed by atoms with Crippen LogP contribution in [-0.4, -0.2) is 65.2 Å². The fraction of sp³-hybridized carbons (Fsp3) is 0.263. The van der Waals surface area contributed by atoms with Gasteiger partial charge in [-0.05, 0) is 24.3 Å². The van der Waals surface area contributed by atoms with Gasteiger partial charge >= 0.3 is 0 Å². The van der Waals surface area contributed by atoms with Gasteiger partial charge in [0.25, 0.3) is 11.8 Å². The summed E-state index contributed by atoms with van der Waals surface area (Å²) in [6.45, 7) is 1.74. The third-order valence-electron chi connectivity index (χ3n) is 4.24. The van der Waals surface area contributed by atoms with E-state index in [4.69, 9.17) is 0 Å². The molecule has 1 aliphatic rings. The number of carbonyl (C=O) groups is 3.